The van der Waals surface area contributed by atoms with E-state index in [-0.39, 0.29) is 5.92 Å². The number of rotatable bonds is 6. The van der Waals surface area contributed by atoms with Gasteiger partial charge in [0.25, 0.3) is 0 Å². The van der Waals surface area contributed by atoms with Crippen LogP contribution < -0.4 is 4.74 Å². The molecule has 0 aliphatic carbocycles. The molecule has 1 heterocycles. The van der Waals surface area contributed by atoms with Crippen molar-refractivity contribution in [2.75, 3.05) is 26.2 Å². The monoisotopic (exact) mass is 313 g/mol. The molecule has 1 aliphatic heterocycles. The maximum Gasteiger partial charge on any atom is 0.306 e. The highest BCUT2D eigenvalue weighted by molar-refractivity contribution is 5.88. The molecule has 0 aromatic heterocycles. The van der Waals surface area contributed by atoms with Crippen LogP contribution in [0.15, 0.2) is 42.5 Å². The minimum Gasteiger partial charge on any atom is -0.493 e. The Kier molecular flexibility index (Phi) is 5.13. The van der Waals surface area contributed by atoms with E-state index in [2.05, 4.69) is 23.1 Å². The molecule has 23 heavy (non-hydrogen) atoms. The van der Waals surface area contributed by atoms with Crippen LogP contribution in [0.25, 0.3) is 10.8 Å². The number of carboxylic acid groups (broad SMARTS) is 1. The third kappa shape index (κ3) is 4.02. The summed E-state index contributed by atoms with van der Waals surface area (Å²) in [4.78, 5) is 13.3. The number of carbonyl (C=O) groups is 1. The summed E-state index contributed by atoms with van der Waals surface area (Å²) in [7, 11) is 0. The highest BCUT2D eigenvalue weighted by atomic mass is 16.5. The fourth-order valence-electron chi connectivity index (χ4n) is 3.20. The molecule has 0 unspecified atom stereocenters. The Balaban J connectivity index is 1.44. The topological polar surface area (TPSA) is 49.8 Å². The number of fused-ring (bicyclic) bond motifs is 1. The Labute approximate surface area is 136 Å². The van der Waals surface area contributed by atoms with E-state index in [0.717, 1.165) is 50.0 Å². The van der Waals surface area contributed by atoms with Crippen molar-refractivity contribution in [1.82, 2.24) is 4.90 Å². The summed E-state index contributed by atoms with van der Waals surface area (Å²) < 4.78 is 5.95. The van der Waals surface area contributed by atoms with E-state index in [4.69, 9.17) is 9.84 Å². The standard InChI is InChI=1S/C19H23NO3/c21-19(22)16-9-12-20(13-10-16)11-4-14-23-18-8-3-6-15-5-1-2-7-17(15)18/h1-3,5-8,16H,4,9-14H2,(H,21,22). The van der Waals surface area contributed by atoms with Gasteiger partial charge in [-0.3, -0.25) is 4.79 Å². The number of hydrogen-bond acceptors (Lipinski definition) is 3. The average molecular weight is 313 g/mol. The van der Waals surface area contributed by atoms with E-state index in [1.165, 1.54) is 5.39 Å². The van der Waals surface area contributed by atoms with Crippen LogP contribution in [0.4, 0.5) is 0 Å². The van der Waals surface area contributed by atoms with Gasteiger partial charge >= 0.3 is 5.97 Å². The van der Waals surface area contributed by atoms with Crippen LogP contribution in [-0.2, 0) is 4.79 Å². The van der Waals surface area contributed by atoms with Gasteiger partial charge in [-0.25, -0.2) is 0 Å². The lowest BCUT2D eigenvalue weighted by Crippen LogP contribution is -2.37. The molecule has 0 amide bonds. The highest BCUT2D eigenvalue weighted by Gasteiger charge is 2.23. The van der Waals surface area contributed by atoms with Gasteiger partial charge < -0.3 is 14.7 Å². The van der Waals surface area contributed by atoms with Gasteiger partial charge in [-0.05, 0) is 43.8 Å². The SMILES string of the molecule is O=C(O)C1CCN(CCCOc2cccc3ccccc23)CC1. The van der Waals surface area contributed by atoms with Crippen LogP contribution in [0, 0.1) is 5.92 Å². The van der Waals surface area contributed by atoms with Crippen LogP contribution in [0.2, 0.25) is 0 Å². The lowest BCUT2D eigenvalue weighted by atomic mass is 9.97. The molecule has 0 saturated carbocycles. The Hall–Kier alpha value is -2.07. The Morgan fingerprint density at radius 1 is 1.13 bits per heavy atom. The number of piperidine rings is 1. The van der Waals surface area contributed by atoms with Crippen molar-refractivity contribution >= 4 is 16.7 Å². The molecular formula is C19H23NO3. The zero-order valence-corrected chi connectivity index (χ0v) is 13.3. The van der Waals surface area contributed by atoms with E-state index in [0.29, 0.717) is 6.61 Å². The van der Waals surface area contributed by atoms with Crippen molar-refractivity contribution in [3.63, 3.8) is 0 Å². The highest BCUT2D eigenvalue weighted by Crippen LogP contribution is 2.25. The van der Waals surface area contributed by atoms with Gasteiger partial charge in [-0.15, -0.1) is 0 Å². The maximum atomic E-state index is 10.9. The van der Waals surface area contributed by atoms with E-state index < -0.39 is 5.97 Å². The molecular weight excluding hydrogens is 290 g/mol. The molecule has 0 spiro atoms. The first-order valence-electron chi connectivity index (χ1n) is 8.30. The predicted octanol–water partition coefficient (Wildman–Crippen LogP) is 3.41. The molecule has 0 atom stereocenters. The molecule has 122 valence electrons. The van der Waals surface area contributed by atoms with E-state index in [1.54, 1.807) is 0 Å². The minimum absolute atomic E-state index is 0.154. The van der Waals surface area contributed by atoms with Crippen molar-refractivity contribution in [2.24, 2.45) is 5.92 Å². The van der Waals surface area contributed by atoms with E-state index in [1.807, 2.05) is 24.3 Å². The van der Waals surface area contributed by atoms with Gasteiger partial charge in [0.1, 0.15) is 5.75 Å². The van der Waals surface area contributed by atoms with Crippen molar-refractivity contribution < 1.29 is 14.6 Å². The molecule has 0 radical (unpaired) electrons. The average Bonchev–Trinajstić information content (AvgIpc) is 2.59. The third-order valence-corrected chi connectivity index (χ3v) is 4.56. The number of carboxylic acids is 1. The Morgan fingerprint density at radius 3 is 2.65 bits per heavy atom. The predicted molar refractivity (Wildman–Crippen MR) is 90.9 cm³/mol. The van der Waals surface area contributed by atoms with Gasteiger partial charge in [-0.1, -0.05) is 36.4 Å². The first-order chi connectivity index (χ1) is 11.2. The number of ether oxygens (including phenoxy) is 1. The lowest BCUT2D eigenvalue weighted by molar-refractivity contribution is -0.143. The van der Waals surface area contributed by atoms with Crippen molar-refractivity contribution in [1.29, 1.82) is 0 Å². The number of aliphatic carboxylic acids is 1. The van der Waals surface area contributed by atoms with Crippen molar-refractivity contribution in [2.45, 2.75) is 19.3 Å². The Morgan fingerprint density at radius 2 is 1.87 bits per heavy atom. The summed E-state index contributed by atoms with van der Waals surface area (Å²) in [5, 5.41) is 11.4. The van der Waals surface area contributed by atoms with Crippen LogP contribution in [0.3, 0.4) is 0 Å². The summed E-state index contributed by atoms with van der Waals surface area (Å²) in [6.07, 6.45) is 2.49. The summed E-state index contributed by atoms with van der Waals surface area (Å²) in [5.41, 5.74) is 0. The molecule has 4 nitrogen and oxygen atoms in total. The summed E-state index contributed by atoms with van der Waals surface area (Å²) in [5.74, 6) is 0.134. The van der Waals surface area contributed by atoms with Gasteiger partial charge in [0.15, 0.2) is 0 Å². The molecule has 1 N–H and O–H groups in total. The summed E-state index contributed by atoms with van der Waals surface area (Å²) in [6.45, 7) is 3.42. The third-order valence-electron chi connectivity index (χ3n) is 4.56. The van der Waals surface area contributed by atoms with Gasteiger partial charge in [0.05, 0.1) is 12.5 Å². The molecule has 2 aromatic rings. The maximum absolute atomic E-state index is 10.9. The lowest BCUT2D eigenvalue weighted by Gasteiger charge is -2.29. The smallest absolute Gasteiger partial charge is 0.306 e. The molecule has 1 fully saturated rings. The number of nitrogens with zero attached hydrogens (tertiary/aromatic N) is 1. The number of benzene rings is 2. The molecule has 1 saturated heterocycles. The van der Waals surface area contributed by atoms with Gasteiger partial charge in [-0.2, -0.15) is 0 Å². The molecule has 4 heteroatoms. The molecule has 0 bridgehead atoms. The van der Waals surface area contributed by atoms with Crippen molar-refractivity contribution in [3.05, 3.63) is 42.5 Å². The first kappa shape index (κ1) is 15.8. The second-order valence-corrected chi connectivity index (χ2v) is 6.13. The molecule has 2 aromatic carbocycles. The van der Waals surface area contributed by atoms with Crippen LogP contribution in [0.5, 0.6) is 5.75 Å². The largest absolute Gasteiger partial charge is 0.493 e. The van der Waals surface area contributed by atoms with Crippen molar-refractivity contribution in [3.8, 4) is 5.75 Å². The normalized spacial score (nSPS) is 16.5. The summed E-state index contributed by atoms with van der Waals surface area (Å²) in [6, 6.07) is 14.4. The number of likely N-dealkylation sites (tertiary alicyclic amines) is 1. The second-order valence-electron chi connectivity index (χ2n) is 6.13. The van der Waals surface area contributed by atoms with Crippen LogP contribution in [-0.4, -0.2) is 42.2 Å². The second kappa shape index (κ2) is 7.47. The zero-order chi connectivity index (χ0) is 16.1. The summed E-state index contributed by atoms with van der Waals surface area (Å²) >= 11 is 0. The van der Waals surface area contributed by atoms with E-state index >= 15 is 0 Å². The minimum atomic E-state index is -0.649. The molecule has 3 rings (SSSR count). The van der Waals surface area contributed by atoms with Crippen LogP contribution >= 0.6 is 0 Å². The zero-order valence-electron chi connectivity index (χ0n) is 13.3. The number of hydrogen-bond donors (Lipinski definition) is 1. The molecule has 1 aliphatic rings. The fraction of sp³-hybridized carbons (Fsp3) is 0.421. The quantitative estimate of drug-likeness (QED) is 0.830. The Bertz CT molecular complexity index is 657. The first-order valence-corrected chi connectivity index (χ1v) is 8.30. The van der Waals surface area contributed by atoms with E-state index in [9.17, 15) is 4.79 Å². The van der Waals surface area contributed by atoms with Gasteiger partial charge in [0.2, 0.25) is 0 Å². The van der Waals surface area contributed by atoms with Crippen LogP contribution in [0.1, 0.15) is 19.3 Å². The fourth-order valence-corrected chi connectivity index (χ4v) is 3.20. The van der Waals surface area contributed by atoms with Gasteiger partial charge in [0, 0.05) is 11.9 Å².